The minimum atomic E-state index is -0.145. The molecule has 19 heavy (non-hydrogen) atoms. The molecule has 1 saturated heterocycles. The highest BCUT2D eigenvalue weighted by Gasteiger charge is 2.32. The van der Waals surface area contributed by atoms with Crippen LogP contribution < -0.4 is 10.6 Å². The van der Waals surface area contributed by atoms with E-state index >= 15 is 0 Å². The van der Waals surface area contributed by atoms with Gasteiger partial charge in [-0.25, -0.2) is 0 Å². The van der Waals surface area contributed by atoms with Gasteiger partial charge in [0.25, 0.3) is 0 Å². The molecule has 0 aliphatic carbocycles. The van der Waals surface area contributed by atoms with Crippen LogP contribution in [0.25, 0.3) is 0 Å². The third-order valence-corrected chi connectivity index (χ3v) is 3.90. The monoisotopic (exact) mass is 282 g/mol. The van der Waals surface area contributed by atoms with E-state index in [1.165, 1.54) is 5.69 Å². The number of rotatable bonds is 3. The third-order valence-electron chi connectivity index (χ3n) is 3.90. The molecule has 1 aromatic carbocycles. The van der Waals surface area contributed by atoms with Crippen LogP contribution in [0.15, 0.2) is 30.3 Å². The van der Waals surface area contributed by atoms with Gasteiger partial charge in [0.2, 0.25) is 5.91 Å². The summed E-state index contributed by atoms with van der Waals surface area (Å²) in [5.74, 6) is 0.415. The van der Waals surface area contributed by atoms with Crippen molar-refractivity contribution in [3.63, 3.8) is 0 Å². The number of benzene rings is 1. The number of hydrogen-bond acceptors (Lipinski definition) is 2. The zero-order valence-electron chi connectivity index (χ0n) is 11.6. The first-order chi connectivity index (χ1) is 8.59. The number of halogens is 1. The summed E-state index contributed by atoms with van der Waals surface area (Å²) in [5, 5.41) is 0. The summed E-state index contributed by atoms with van der Waals surface area (Å²) >= 11 is 0. The lowest BCUT2D eigenvalue weighted by Crippen LogP contribution is -2.48. The fourth-order valence-corrected chi connectivity index (χ4v) is 2.83. The van der Waals surface area contributed by atoms with E-state index in [4.69, 9.17) is 5.73 Å². The van der Waals surface area contributed by atoms with Crippen LogP contribution in [0, 0.1) is 11.8 Å². The molecule has 0 bridgehead atoms. The summed E-state index contributed by atoms with van der Waals surface area (Å²) in [6.45, 7) is 5.34. The number of amides is 1. The van der Waals surface area contributed by atoms with Gasteiger partial charge in [-0.3, -0.25) is 4.79 Å². The lowest BCUT2D eigenvalue weighted by molar-refractivity contribution is -0.122. The Kier molecular flexibility index (Phi) is 5.67. The van der Waals surface area contributed by atoms with Crippen molar-refractivity contribution in [1.82, 2.24) is 0 Å². The number of anilines is 1. The number of hydrogen-bond donors (Lipinski definition) is 1. The van der Waals surface area contributed by atoms with Crippen LogP contribution in [0.1, 0.15) is 26.7 Å². The number of nitrogens with two attached hydrogens (primary N) is 1. The standard InChI is InChI=1S/C15H22N2O.ClH/c1-11(2)14-10-12(15(16)18)8-9-17(14)13-6-4-3-5-7-13;/h3-7,11-12,14H,8-10H2,1-2H3,(H2,16,18);1H. The summed E-state index contributed by atoms with van der Waals surface area (Å²) in [4.78, 5) is 13.8. The van der Waals surface area contributed by atoms with Crippen molar-refractivity contribution in [1.29, 1.82) is 0 Å². The molecule has 3 nitrogen and oxygen atoms in total. The van der Waals surface area contributed by atoms with Crippen molar-refractivity contribution < 1.29 is 4.79 Å². The maximum atomic E-state index is 11.4. The fourth-order valence-electron chi connectivity index (χ4n) is 2.83. The Morgan fingerprint density at radius 1 is 1.32 bits per heavy atom. The van der Waals surface area contributed by atoms with Crippen LogP contribution in [0.5, 0.6) is 0 Å². The quantitative estimate of drug-likeness (QED) is 0.927. The first-order valence-corrected chi connectivity index (χ1v) is 6.70. The van der Waals surface area contributed by atoms with Crippen LogP contribution in [0.4, 0.5) is 5.69 Å². The SMILES string of the molecule is CC(C)C1CC(C(N)=O)CCN1c1ccccc1.Cl. The molecule has 106 valence electrons. The highest BCUT2D eigenvalue weighted by Crippen LogP contribution is 2.31. The van der Waals surface area contributed by atoms with Crippen molar-refractivity contribution in [2.24, 2.45) is 17.6 Å². The molecular formula is C15H23ClN2O. The van der Waals surface area contributed by atoms with E-state index in [0.717, 1.165) is 19.4 Å². The lowest BCUT2D eigenvalue weighted by atomic mass is 9.84. The predicted octanol–water partition coefficient (Wildman–Crippen LogP) is 2.83. The van der Waals surface area contributed by atoms with Crippen LogP contribution in [0.3, 0.4) is 0 Å². The minimum absolute atomic E-state index is 0. The highest BCUT2D eigenvalue weighted by atomic mass is 35.5. The topological polar surface area (TPSA) is 46.3 Å². The maximum Gasteiger partial charge on any atom is 0.220 e. The molecule has 1 aromatic rings. The molecule has 2 atom stereocenters. The number of carbonyl (C=O) groups excluding carboxylic acids is 1. The molecule has 2 rings (SSSR count). The number of primary amides is 1. The number of nitrogens with zero attached hydrogens (tertiary/aromatic N) is 1. The fraction of sp³-hybridized carbons (Fsp3) is 0.533. The Morgan fingerprint density at radius 2 is 1.95 bits per heavy atom. The molecule has 0 saturated carbocycles. The molecule has 0 aromatic heterocycles. The summed E-state index contributed by atoms with van der Waals surface area (Å²) in [7, 11) is 0. The van der Waals surface area contributed by atoms with Gasteiger partial charge in [0.15, 0.2) is 0 Å². The first kappa shape index (κ1) is 15.8. The largest absolute Gasteiger partial charge is 0.369 e. The van der Waals surface area contributed by atoms with Crippen molar-refractivity contribution in [3.8, 4) is 0 Å². The molecule has 1 amide bonds. The average Bonchev–Trinajstić information content (AvgIpc) is 2.39. The Hall–Kier alpha value is -1.22. The molecule has 2 N–H and O–H groups in total. The van der Waals surface area contributed by atoms with Crippen molar-refractivity contribution >= 4 is 24.0 Å². The summed E-state index contributed by atoms with van der Waals surface area (Å²) in [6, 6.07) is 10.8. The second-order valence-corrected chi connectivity index (χ2v) is 5.46. The normalized spacial score (nSPS) is 23.0. The lowest BCUT2D eigenvalue weighted by Gasteiger charge is -2.42. The maximum absolute atomic E-state index is 11.4. The first-order valence-electron chi connectivity index (χ1n) is 6.70. The van der Waals surface area contributed by atoms with Gasteiger partial charge in [0.1, 0.15) is 0 Å². The van der Waals surface area contributed by atoms with Crippen LogP contribution in [0.2, 0.25) is 0 Å². The zero-order chi connectivity index (χ0) is 13.1. The minimum Gasteiger partial charge on any atom is -0.369 e. The summed E-state index contributed by atoms with van der Waals surface area (Å²) < 4.78 is 0. The highest BCUT2D eigenvalue weighted by molar-refractivity contribution is 5.85. The van der Waals surface area contributed by atoms with Crippen LogP contribution in [-0.2, 0) is 4.79 Å². The molecule has 1 fully saturated rings. The average molecular weight is 283 g/mol. The predicted molar refractivity (Wildman–Crippen MR) is 81.6 cm³/mol. The molecule has 4 heteroatoms. The Balaban J connectivity index is 0.00000180. The van der Waals surface area contributed by atoms with E-state index in [1.54, 1.807) is 0 Å². The van der Waals surface area contributed by atoms with Gasteiger partial charge in [-0.2, -0.15) is 0 Å². The molecular weight excluding hydrogens is 260 g/mol. The van der Waals surface area contributed by atoms with E-state index in [-0.39, 0.29) is 24.2 Å². The Labute approximate surface area is 121 Å². The van der Waals surface area contributed by atoms with Gasteiger partial charge >= 0.3 is 0 Å². The van der Waals surface area contributed by atoms with Gasteiger partial charge in [-0.15, -0.1) is 12.4 Å². The number of carbonyl (C=O) groups is 1. The summed E-state index contributed by atoms with van der Waals surface area (Å²) in [5.41, 5.74) is 6.71. The molecule has 1 heterocycles. The van der Waals surface area contributed by atoms with E-state index < -0.39 is 0 Å². The van der Waals surface area contributed by atoms with Gasteiger partial charge in [0, 0.05) is 24.2 Å². The van der Waals surface area contributed by atoms with Crippen molar-refractivity contribution in [3.05, 3.63) is 30.3 Å². The van der Waals surface area contributed by atoms with Gasteiger partial charge in [0.05, 0.1) is 0 Å². The zero-order valence-corrected chi connectivity index (χ0v) is 12.4. The smallest absolute Gasteiger partial charge is 0.220 e. The summed E-state index contributed by atoms with van der Waals surface area (Å²) in [6.07, 6.45) is 1.75. The van der Waals surface area contributed by atoms with Gasteiger partial charge in [-0.05, 0) is 30.9 Å². The Bertz CT molecular complexity index is 408. The molecule has 2 unspecified atom stereocenters. The number of para-hydroxylation sites is 1. The molecule has 1 aliphatic rings. The van der Waals surface area contributed by atoms with Crippen LogP contribution in [-0.4, -0.2) is 18.5 Å². The molecule has 1 aliphatic heterocycles. The second kappa shape index (κ2) is 6.80. The van der Waals surface area contributed by atoms with E-state index in [9.17, 15) is 4.79 Å². The second-order valence-electron chi connectivity index (χ2n) is 5.46. The molecule has 0 radical (unpaired) electrons. The number of piperidine rings is 1. The van der Waals surface area contributed by atoms with Gasteiger partial charge < -0.3 is 10.6 Å². The van der Waals surface area contributed by atoms with Gasteiger partial charge in [-0.1, -0.05) is 32.0 Å². The third kappa shape index (κ3) is 3.63. The Morgan fingerprint density at radius 3 is 2.47 bits per heavy atom. The van der Waals surface area contributed by atoms with Crippen LogP contribution >= 0.6 is 12.4 Å². The van der Waals surface area contributed by atoms with E-state index in [0.29, 0.717) is 12.0 Å². The van der Waals surface area contributed by atoms with E-state index in [1.807, 2.05) is 6.07 Å². The van der Waals surface area contributed by atoms with Crippen molar-refractivity contribution in [2.75, 3.05) is 11.4 Å². The van der Waals surface area contributed by atoms with E-state index in [2.05, 4.69) is 43.0 Å². The molecule has 0 spiro atoms. The van der Waals surface area contributed by atoms with Crippen molar-refractivity contribution in [2.45, 2.75) is 32.7 Å².